The van der Waals surface area contributed by atoms with E-state index < -0.39 is 6.03 Å². The van der Waals surface area contributed by atoms with Crippen LogP contribution >= 0.6 is 0 Å². The Balaban J connectivity index is 1.64. The van der Waals surface area contributed by atoms with Crippen LogP contribution in [-0.4, -0.2) is 26.0 Å². The molecule has 0 spiro atoms. The number of halogens is 1. The van der Waals surface area contributed by atoms with Crippen molar-refractivity contribution in [2.24, 2.45) is 0 Å². The summed E-state index contributed by atoms with van der Waals surface area (Å²) < 4.78 is 13.0. The molecular weight excluding hydrogens is 335 g/mol. The normalized spacial score (nSPS) is 10.7. The van der Waals surface area contributed by atoms with E-state index in [1.807, 2.05) is 30.3 Å². The van der Waals surface area contributed by atoms with Crippen LogP contribution in [0.25, 0.3) is 22.6 Å². The van der Waals surface area contributed by atoms with E-state index >= 15 is 0 Å². The van der Waals surface area contributed by atoms with Gasteiger partial charge in [0.15, 0.2) is 17.3 Å². The summed E-state index contributed by atoms with van der Waals surface area (Å²) in [5.41, 5.74) is 2.22. The number of anilines is 2. The van der Waals surface area contributed by atoms with Crippen LogP contribution in [0.1, 0.15) is 0 Å². The summed E-state index contributed by atoms with van der Waals surface area (Å²) in [6.07, 6.45) is 1.48. The van der Waals surface area contributed by atoms with Gasteiger partial charge in [-0.2, -0.15) is 0 Å². The minimum Gasteiger partial charge on any atom is -0.340 e. The number of carbonyl (C=O) groups is 1. The van der Waals surface area contributed by atoms with Crippen molar-refractivity contribution in [3.8, 4) is 11.4 Å². The topological polar surface area (TPSA) is 95.6 Å². The molecule has 4 rings (SSSR count). The fraction of sp³-hybridized carbons (Fsp3) is 0. The number of nitrogens with one attached hydrogen (secondary N) is 3. The molecule has 0 bridgehead atoms. The first-order valence-corrected chi connectivity index (χ1v) is 7.79. The summed E-state index contributed by atoms with van der Waals surface area (Å²) in [6, 6.07) is 14.3. The van der Waals surface area contributed by atoms with Gasteiger partial charge in [-0.15, -0.1) is 0 Å². The predicted molar refractivity (Wildman–Crippen MR) is 96.2 cm³/mol. The number of hydrogen-bond donors (Lipinski definition) is 3. The Hall–Kier alpha value is -3.81. The second-order valence-electron chi connectivity index (χ2n) is 5.45. The van der Waals surface area contributed by atoms with Gasteiger partial charge in [0.05, 0.1) is 6.33 Å². The summed E-state index contributed by atoms with van der Waals surface area (Å²) in [4.78, 5) is 28.2. The monoisotopic (exact) mass is 348 g/mol. The molecule has 2 aromatic heterocycles. The molecule has 0 saturated carbocycles. The molecule has 0 unspecified atom stereocenters. The van der Waals surface area contributed by atoms with Gasteiger partial charge in [-0.05, 0) is 24.3 Å². The standard InChI is InChI=1S/C18H13FN6O/c19-12-6-8-13(9-7-12)22-18(26)25-17-14-16(21-10-20-14)23-15(24-17)11-4-2-1-3-5-11/h1-10H,(H3,20,21,22,23,24,25,26). The number of amides is 2. The van der Waals surface area contributed by atoms with Gasteiger partial charge in [-0.3, -0.25) is 5.32 Å². The number of rotatable bonds is 3. The SMILES string of the molecule is O=C(Nc1ccc(F)cc1)Nc1nc(-c2ccccc2)nc2nc[nH]c12. The van der Waals surface area contributed by atoms with E-state index in [4.69, 9.17) is 0 Å². The first-order valence-electron chi connectivity index (χ1n) is 7.79. The average Bonchev–Trinajstić information content (AvgIpc) is 3.13. The molecule has 0 saturated heterocycles. The van der Waals surface area contributed by atoms with Crippen LogP contribution in [0.5, 0.6) is 0 Å². The Kier molecular flexibility index (Phi) is 3.98. The molecular formula is C18H13FN6O. The van der Waals surface area contributed by atoms with Crippen LogP contribution in [0.15, 0.2) is 60.9 Å². The van der Waals surface area contributed by atoms with Crippen LogP contribution < -0.4 is 10.6 Å². The third-order valence-corrected chi connectivity index (χ3v) is 3.65. The van der Waals surface area contributed by atoms with E-state index in [-0.39, 0.29) is 5.82 Å². The molecule has 0 atom stereocenters. The predicted octanol–water partition coefficient (Wildman–Crippen LogP) is 3.80. The lowest BCUT2D eigenvalue weighted by Crippen LogP contribution is -2.20. The van der Waals surface area contributed by atoms with Crippen LogP contribution in [0, 0.1) is 5.82 Å². The lowest BCUT2D eigenvalue weighted by Gasteiger charge is -2.09. The molecule has 0 aliphatic carbocycles. The van der Waals surface area contributed by atoms with Crippen molar-refractivity contribution in [2.75, 3.05) is 10.6 Å². The first-order chi connectivity index (χ1) is 12.7. The number of fused-ring (bicyclic) bond motifs is 1. The van der Waals surface area contributed by atoms with Crippen molar-refractivity contribution in [3.63, 3.8) is 0 Å². The van der Waals surface area contributed by atoms with Gasteiger partial charge >= 0.3 is 6.03 Å². The highest BCUT2D eigenvalue weighted by atomic mass is 19.1. The van der Waals surface area contributed by atoms with Crippen molar-refractivity contribution in [3.05, 3.63) is 66.7 Å². The highest BCUT2D eigenvalue weighted by Crippen LogP contribution is 2.22. The van der Waals surface area contributed by atoms with Gasteiger partial charge in [0.1, 0.15) is 11.3 Å². The van der Waals surface area contributed by atoms with E-state index in [9.17, 15) is 9.18 Å². The number of carbonyl (C=O) groups excluding carboxylic acids is 1. The minimum atomic E-state index is -0.509. The fourth-order valence-electron chi connectivity index (χ4n) is 2.44. The maximum absolute atomic E-state index is 13.0. The van der Waals surface area contributed by atoms with Gasteiger partial charge in [0.2, 0.25) is 0 Å². The summed E-state index contributed by atoms with van der Waals surface area (Å²) in [5, 5.41) is 5.30. The molecule has 128 valence electrons. The Morgan fingerprint density at radius 2 is 1.73 bits per heavy atom. The van der Waals surface area contributed by atoms with Crippen LogP contribution in [-0.2, 0) is 0 Å². The number of nitrogens with zero attached hydrogens (tertiary/aromatic N) is 3. The lowest BCUT2D eigenvalue weighted by molar-refractivity contribution is 0.262. The zero-order valence-corrected chi connectivity index (χ0v) is 13.4. The summed E-state index contributed by atoms with van der Waals surface area (Å²) in [5.74, 6) is 0.367. The Bertz CT molecular complexity index is 1060. The van der Waals surface area contributed by atoms with Gasteiger partial charge in [-0.1, -0.05) is 30.3 Å². The lowest BCUT2D eigenvalue weighted by atomic mass is 10.2. The molecule has 0 radical (unpaired) electrons. The summed E-state index contributed by atoms with van der Waals surface area (Å²) >= 11 is 0. The highest BCUT2D eigenvalue weighted by Gasteiger charge is 2.14. The number of imidazole rings is 1. The number of H-pyrrole nitrogens is 1. The third kappa shape index (κ3) is 3.20. The maximum Gasteiger partial charge on any atom is 0.324 e. The number of aromatic amines is 1. The second-order valence-corrected chi connectivity index (χ2v) is 5.45. The molecule has 0 aliphatic rings. The van der Waals surface area contributed by atoms with Gasteiger partial charge in [0, 0.05) is 11.3 Å². The molecule has 2 aromatic carbocycles. The molecule has 2 heterocycles. The average molecular weight is 348 g/mol. The highest BCUT2D eigenvalue weighted by molar-refractivity contribution is 6.03. The smallest absolute Gasteiger partial charge is 0.324 e. The number of hydrogen-bond acceptors (Lipinski definition) is 4. The van der Waals surface area contributed by atoms with Crippen molar-refractivity contribution in [1.29, 1.82) is 0 Å². The molecule has 4 aromatic rings. The van der Waals surface area contributed by atoms with E-state index in [0.717, 1.165) is 5.56 Å². The van der Waals surface area contributed by atoms with E-state index in [0.29, 0.717) is 28.5 Å². The molecule has 3 N–H and O–H groups in total. The van der Waals surface area contributed by atoms with Crippen molar-refractivity contribution in [2.45, 2.75) is 0 Å². The van der Waals surface area contributed by atoms with Crippen molar-refractivity contribution >= 4 is 28.7 Å². The Labute approximate surface area is 147 Å². The quantitative estimate of drug-likeness (QED) is 0.525. The Morgan fingerprint density at radius 3 is 2.50 bits per heavy atom. The second kappa shape index (κ2) is 6.60. The summed E-state index contributed by atoms with van der Waals surface area (Å²) in [6.45, 7) is 0. The number of benzene rings is 2. The van der Waals surface area contributed by atoms with Crippen LogP contribution in [0.4, 0.5) is 20.7 Å². The first kappa shape index (κ1) is 15.7. The van der Waals surface area contributed by atoms with E-state index in [1.165, 1.54) is 30.6 Å². The fourth-order valence-corrected chi connectivity index (χ4v) is 2.44. The molecule has 2 amide bonds. The van der Waals surface area contributed by atoms with Crippen LogP contribution in [0.2, 0.25) is 0 Å². The van der Waals surface area contributed by atoms with E-state index in [2.05, 4.69) is 30.6 Å². The van der Waals surface area contributed by atoms with Crippen LogP contribution in [0.3, 0.4) is 0 Å². The van der Waals surface area contributed by atoms with E-state index in [1.54, 1.807) is 0 Å². The molecule has 7 nitrogen and oxygen atoms in total. The van der Waals surface area contributed by atoms with Crippen molar-refractivity contribution < 1.29 is 9.18 Å². The van der Waals surface area contributed by atoms with Crippen molar-refractivity contribution in [1.82, 2.24) is 19.9 Å². The molecule has 0 fully saturated rings. The third-order valence-electron chi connectivity index (χ3n) is 3.65. The molecule has 0 aliphatic heterocycles. The minimum absolute atomic E-state index is 0.297. The molecule has 26 heavy (non-hydrogen) atoms. The zero-order chi connectivity index (χ0) is 17.9. The zero-order valence-electron chi connectivity index (χ0n) is 13.4. The van der Waals surface area contributed by atoms with Gasteiger partial charge in [0.25, 0.3) is 0 Å². The summed E-state index contributed by atoms with van der Waals surface area (Å²) in [7, 11) is 0. The number of aromatic nitrogens is 4. The largest absolute Gasteiger partial charge is 0.340 e. The van der Waals surface area contributed by atoms with Gasteiger partial charge in [-0.25, -0.2) is 24.1 Å². The number of urea groups is 1. The Morgan fingerprint density at radius 1 is 0.962 bits per heavy atom. The van der Waals surface area contributed by atoms with Gasteiger partial charge < -0.3 is 10.3 Å². The maximum atomic E-state index is 13.0. The molecule has 8 heteroatoms.